The van der Waals surface area contributed by atoms with Gasteiger partial charge < -0.3 is 15.7 Å². The zero-order valence-electron chi connectivity index (χ0n) is 15.2. The number of anilines is 1. The van der Waals surface area contributed by atoms with Gasteiger partial charge in [-0.25, -0.2) is 4.39 Å². The van der Waals surface area contributed by atoms with E-state index in [0.29, 0.717) is 18.3 Å². The summed E-state index contributed by atoms with van der Waals surface area (Å²) in [7, 11) is 0. The van der Waals surface area contributed by atoms with Crippen LogP contribution in [-0.2, 0) is 9.59 Å². The van der Waals surface area contributed by atoms with Crippen LogP contribution < -0.4 is 10.6 Å². The summed E-state index contributed by atoms with van der Waals surface area (Å²) in [6, 6.07) is 4.40. The second-order valence-electron chi connectivity index (χ2n) is 7.59. The van der Waals surface area contributed by atoms with E-state index >= 15 is 0 Å². The highest BCUT2D eigenvalue weighted by molar-refractivity contribution is 5.92. The lowest BCUT2D eigenvalue weighted by atomic mass is 9.77. The quantitative estimate of drug-likeness (QED) is 0.753. The Labute approximate surface area is 152 Å². The molecule has 1 aromatic rings. The monoisotopic (exact) mass is 363 g/mol. The van der Waals surface area contributed by atoms with E-state index in [1.54, 1.807) is 12.1 Å². The highest BCUT2D eigenvalue weighted by atomic mass is 19.1. The fourth-order valence-electron chi connectivity index (χ4n) is 4.20. The Morgan fingerprint density at radius 3 is 2.65 bits per heavy atom. The zero-order valence-corrected chi connectivity index (χ0v) is 15.2. The molecule has 26 heavy (non-hydrogen) atoms. The van der Waals surface area contributed by atoms with Gasteiger partial charge in [-0.2, -0.15) is 0 Å². The first kappa shape index (κ1) is 18.8. The molecule has 0 aromatic heterocycles. The second-order valence-corrected chi connectivity index (χ2v) is 7.59. The minimum Gasteiger partial charge on any atom is -0.391 e. The summed E-state index contributed by atoms with van der Waals surface area (Å²) in [5.74, 6) is -0.161. The van der Waals surface area contributed by atoms with Crippen molar-refractivity contribution in [2.75, 3.05) is 25.0 Å². The van der Waals surface area contributed by atoms with E-state index in [4.69, 9.17) is 0 Å². The molecule has 1 saturated heterocycles. The van der Waals surface area contributed by atoms with Crippen molar-refractivity contribution in [1.82, 2.24) is 10.2 Å². The van der Waals surface area contributed by atoms with E-state index in [-0.39, 0.29) is 30.1 Å². The van der Waals surface area contributed by atoms with Crippen molar-refractivity contribution in [3.8, 4) is 0 Å². The molecule has 1 aliphatic carbocycles. The van der Waals surface area contributed by atoms with Crippen molar-refractivity contribution in [3.05, 3.63) is 29.6 Å². The topological polar surface area (TPSA) is 81.7 Å². The number of nitrogens with zero attached hydrogens (tertiary/aromatic N) is 1. The molecule has 2 fully saturated rings. The molecule has 0 spiro atoms. The van der Waals surface area contributed by atoms with E-state index < -0.39 is 11.9 Å². The molecular weight excluding hydrogens is 337 g/mol. The number of rotatable bonds is 4. The van der Waals surface area contributed by atoms with Crippen molar-refractivity contribution in [2.24, 2.45) is 11.8 Å². The molecule has 1 aromatic carbocycles. The highest BCUT2D eigenvalue weighted by Crippen LogP contribution is 2.36. The van der Waals surface area contributed by atoms with Crippen LogP contribution in [0.3, 0.4) is 0 Å². The fourth-order valence-corrected chi connectivity index (χ4v) is 4.20. The van der Waals surface area contributed by atoms with E-state index in [2.05, 4.69) is 10.6 Å². The van der Waals surface area contributed by atoms with E-state index in [1.807, 2.05) is 11.8 Å². The third kappa shape index (κ3) is 4.40. The standard InChI is InChI=1S/C19H26FN3O3/c1-11-3-4-15(20)16(5-11)22-19(26)10-23-8-13-6-17(21-12(2)24)18(25)7-14(13)9-23/h3-5,13-14,17-18,25H,6-10H2,1-2H3,(H,21,24)(H,22,26)/t13-,14+,17-,18-/m1/s1. The lowest BCUT2D eigenvalue weighted by Crippen LogP contribution is -2.48. The van der Waals surface area contributed by atoms with Crippen LogP contribution in [0, 0.1) is 24.6 Å². The second kappa shape index (κ2) is 7.72. The van der Waals surface area contributed by atoms with Crippen molar-refractivity contribution < 1.29 is 19.1 Å². The number of likely N-dealkylation sites (tertiary alicyclic amines) is 1. The van der Waals surface area contributed by atoms with Gasteiger partial charge >= 0.3 is 0 Å². The van der Waals surface area contributed by atoms with Crippen LogP contribution in [0.4, 0.5) is 10.1 Å². The molecule has 3 rings (SSSR count). The highest BCUT2D eigenvalue weighted by Gasteiger charge is 2.42. The van der Waals surface area contributed by atoms with Gasteiger partial charge in [0.05, 0.1) is 24.4 Å². The number of aryl methyl sites for hydroxylation is 1. The molecule has 3 N–H and O–H groups in total. The number of hydrogen-bond donors (Lipinski definition) is 3. The number of aliphatic hydroxyl groups is 1. The van der Waals surface area contributed by atoms with Crippen molar-refractivity contribution in [3.63, 3.8) is 0 Å². The molecule has 6 nitrogen and oxygen atoms in total. The number of carbonyl (C=O) groups excluding carboxylic acids is 2. The van der Waals surface area contributed by atoms with Gasteiger partial charge in [0.15, 0.2) is 0 Å². The summed E-state index contributed by atoms with van der Waals surface area (Å²) in [6.45, 7) is 4.97. The molecule has 1 saturated carbocycles. The molecule has 0 radical (unpaired) electrons. The molecule has 142 valence electrons. The minimum atomic E-state index is -0.546. The van der Waals surface area contributed by atoms with Gasteiger partial charge in [-0.3, -0.25) is 14.5 Å². The maximum absolute atomic E-state index is 13.8. The number of fused-ring (bicyclic) bond motifs is 1. The molecular formula is C19H26FN3O3. The third-order valence-electron chi connectivity index (χ3n) is 5.37. The molecule has 2 aliphatic rings. The maximum Gasteiger partial charge on any atom is 0.238 e. The van der Waals surface area contributed by atoms with Crippen LogP contribution in [0.5, 0.6) is 0 Å². The van der Waals surface area contributed by atoms with Crippen molar-refractivity contribution >= 4 is 17.5 Å². The van der Waals surface area contributed by atoms with Gasteiger partial charge in [-0.1, -0.05) is 6.07 Å². The first-order valence-corrected chi connectivity index (χ1v) is 9.05. The SMILES string of the molecule is CC(=O)N[C@@H]1C[C@@H]2CN(CC(=O)Nc3cc(C)ccc3F)C[C@@H]2C[C@H]1O. The Morgan fingerprint density at radius 2 is 1.96 bits per heavy atom. The van der Waals surface area contributed by atoms with E-state index in [1.165, 1.54) is 13.0 Å². The Bertz CT molecular complexity index is 697. The summed E-state index contributed by atoms with van der Waals surface area (Å²) in [4.78, 5) is 25.6. The van der Waals surface area contributed by atoms with Crippen LogP contribution >= 0.6 is 0 Å². The Hall–Kier alpha value is -1.99. The lowest BCUT2D eigenvalue weighted by Gasteiger charge is -2.35. The van der Waals surface area contributed by atoms with Gasteiger partial charge in [0.25, 0.3) is 0 Å². The Kier molecular flexibility index (Phi) is 5.58. The molecule has 0 bridgehead atoms. The molecule has 2 amide bonds. The summed E-state index contributed by atoms with van der Waals surface area (Å²) in [5, 5.41) is 15.7. The third-order valence-corrected chi connectivity index (χ3v) is 5.37. The maximum atomic E-state index is 13.8. The average molecular weight is 363 g/mol. The number of carbonyl (C=O) groups is 2. The fraction of sp³-hybridized carbons (Fsp3) is 0.579. The smallest absolute Gasteiger partial charge is 0.238 e. The van der Waals surface area contributed by atoms with Crippen LogP contribution in [0.25, 0.3) is 0 Å². The summed E-state index contributed by atoms with van der Waals surface area (Å²) < 4.78 is 13.8. The Morgan fingerprint density at radius 1 is 1.27 bits per heavy atom. The van der Waals surface area contributed by atoms with E-state index in [0.717, 1.165) is 25.1 Å². The Balaban J connectivity index is 1.55. The van der Waals surface area contributed by atoms with Gasteiger partial charge in [0, 0.05) is 20.0 Å². The first-order chi connectivity index (χ1) is 12.3. The lowest BCUT2D eigenvalue weighted by molar-refractivity contribution is -0.121. The predicted octanol–water partition coefficient (Wildman–Crippen LogP) is 1.28. The minimum absolute atomic E-state index is 0.137. The number of benzene rings is 1. The molecule has 1 heterocycles. The number of hydrogen-bond acceptors (Lipinski definition) is 4. The van der Waals surface area contributed by atoms with Gasteiger partial charge in [-0.15, -0.1) is 0 Å². The average Bonchev–Trinajstić information content (AvgIpc) is 2.91. The van der Waals surface area contributed by atoms with Crippen LogP contribution in [0.15, 0.2) is 18.2 Å². The molecule has 0 unspecified atom stereocenters. The molecule has 4 atom stereocenters. The van der Waals surface area contributed by atoms with Gasteiger partial charge in [0.2, 0.25) is 11.8 Å². The number of aliphatic hydroxyl groups excluding tert-OH is 1. The summed E-state index contributed by atoms with van der Waals surface area (Å²) >= 11 is 0. The number of halogens is 1. The van der Waals surface area contributed by atoms with Crippen LogP contribution in [0.2, 0.25) is 0 Å². The van der Waals surface area contributed by atoms with Gasteiger partial charge in [0.1, 0.15) is 5.82 Å². The summed E-state index contributed by atoms with van der Waals surface area (Å²) in [6.07, 6.45) is 0.798. The van der Waals surface area contributed by atoms with Crippen molar-refractivity contribution in [2.45, 2.75) is 38.8 Å². The summed E-state index contributed by atoms with van der Waals surface area (Å²) in [5.41, 5.74) is 1.08. The predicted molar refractivity (Wildman–Crippen MR) is 96.0 cm³/mol. The van der Waals surface area contributed by atoms with Crippen molar-refractivity contribution in [1.29, 1.82) is 0 Å². The molecule has 7 heteroatoms. The normalized spacial score (nSPS) is 28.5. The largest absolute Gasteiger partial charge is 0.391 e. The first-order valence-electron chi connectivity index (χ1n) is 9.05. The van der Waals surface area contributed by atoms with Gasteiger partial charge in [-0.05, 0) is 49.3 Å². The van der Waals surface area contributed by atoms with Crippen LogP contribution in [0.1, 0.15) is 25.3 Å². The van der Waals surface area contributed by atoms with E-state index in [9.17, 15) is 19.1 Å². The number of nitrogens with one attached hydrogen (secondary N) is 2. The van der Waals surface area contributed by atoms with Crippen LogP contribution in [-0.4, -0.2) is 53.6 Å². The zero-order chi connectivity index (χ0) is 18.8. The number of amides is 2. The molecule has 1 aliphatic heterocycles.